The Morgan fingerprint density at radius 2 is 2.08 bits per heavy atom. The maximum atomic E-state index is 5.77. The zero-order chi connectivity index (χ0) is 8.72. The summed E-state index contributed by atoms with van der Waals surface area (Å²) in [5.41, 5.74) is 2.87. The van der Waals surface area contributed by atoms with Crippen LogP contribution >= 0.6 is 28.6 Å². The SMILES string of the molecule is Br.Cc1cn2nc(Cl)cc(C)c2n1. The highest BCUT2D eigenvalue weighted by atomic mass is 79.9. The van der Waals surface area contributed by atoms with Gasteiger partial charge in [0.05, 0.1) is 11.9 Å². The monoisotopic (exact) mass is 261 g/mol. The van der Waals surface area contributed by atoms with Gasteiger partial charge in [0.1, 0.15) is 5.15 Å². The van der Waals surface area contributed by atoms with Gasteiger partial charge < -0.3 is 0 Å². The fraction of sp³-hybridized carbons (Fsp3) is 0.250. The molecule has 13 heavy (non-hydrogen) atoms. The maximum absolute atomic E-state index is 5.77. The molecule has 0 aliphatic rings. The molecule has 0 spiro atoms. The normalized spacial score (nSPS) is 10.1. The number of halogens is 2. The highest BCUT2D eigenvalue weighted by Gasteiger charge is 2.02. The molecule has 2 aromatic heterocycles. The lowest BCUT2D eigenvalue weighted by Crippen LogP contribution is -1.92. The van der Waals surface area contributed by atoms with E-state index in [1.807, 2.05) is 26.1 Å². The van der Waals surface area contributed by atoms with Gasteiger partial charge in [0.25, 0.3) is 0 Å². The van der Waals surface area contributed by atoms with E-state index in [1.165, 1.54) is 0 Å². The molecule has 3 nitrogen and oxygen atoms in total. The Kier molecular flexibility index (Phi) is 2.93. The summed E-state index contributed by atoms with van der Waals surface area (Å²) in [4.78, 5) is 4.30. The van der Waals surface area contributed by atoms with E-state index in [-0.39, 0.29) is 17.0 Å². The first kappa shape index (κ1) is 10.5. The summed E-state index contributed by atoms with van der Waals surface area (Å²) in [5, 5.41) is 4.57. The van der Waals surface area contributed by atoms with E-state index in [1.54, 1.807) is 4.52 Å². The highest BCUT2D eigenvalue weighted by molar-refractivity contribution is 8.93. The first-order valence-corrected chi connectivity index (χ1v) is 4.04. The van der Waals surface area contributed by atoms with E-state index in [4.69, 9.17) is 11.6 Å². The number of imidazole rings is 1. The maximum Gasteiger partial charge on any atom is 0.156 e. The number of aryl methyl sites for hydroxylation is 2. The van der Waals surface area contributed by atoms with Crippen molar-refractivity contribution in [2.75, 3.05) is 0 Å². The molecule has 0 aromatic carbocycles. The molecule has 2 heterocycles. The largest absolute Gasteiger partial charge is 0.232 e. The lowest BCUT2D eigenvalue weighted by Gasteiger charge is -1.96. The van der Waals surface area contributed by atoms with Gasteiger partial charge in [0.15, 0.2) is 5.65 Å². The van der Waals surface area contributed by atoms with Crippen LogP contribution in [0.3, 0.4) is 0 Å². The molecule has 70 valence electrons. The molecule has 2 aromatic rings. The van der Waals surface area contributed by atoms with Crippen LogP contribution in [-0.4, -0.2) is 14.6 Å². The van der Waals surface area contributed by atoms with Gasteiger partial charge in [-0.1, -0.05) is 11.6 Å². The molecule has 0 aliphatic heterocycles. The van der Waals surface area contributed by atoms with Gasteiger partial charge in [-0.2, -0.15) is 5.10 Å². The molecular weight excluding hydrogens is 253 g/mol. The third kappa shape index (κ3) is 1.84. The van der Waals surface area contributed by atoms with Crippen LogP contribution in [-0.2, 0) is 0 Å². The standard InChI is InChI=1S/C8H8ClN3.BrH/c1-5-3-7(9)11-12-4-6(2)10-8(5)12;/h3-4H,1-2H3;1H. The number of aromatic nitrogens is 3. The lowest BCUT2D eigenvalue weighted by molar-refractivity contribution is 0.927. The Balaban J connectivity index is 0.000000845. The fourth-order valence-electron chi connectivity index (χ4n) is 1.21. The average Bonchev–Trinajstić information content (AvgIpc) is 2.29. The number of hydrogen-bond donors (Lipinski definition) is 0. The average molecular weight is 263 g/mol. The van der Waals surface area contributed by atoms with Gasteiger partial charge in [-0.3, -0.25) is 0 Å². The van der Waals surface area contributed by atoms with Crippen LogP contribution in [0.1, 0.15) is 11.3 Å². The van der Waals surface area contributed by atoms with Crippen LogP contribution in [0, 0.1) is 13.8 Å². The van der Waals surface area contributed by atoms with Crippen molar-refractivity contribution < 1.29 is 0 Å². The molecule has 0 unspecified atom stereocenters. The molecule has 0 saturated carbocycles. The summed E-state index contributed by atoms with van der Waals surface area (Å²) in [6.45, 7) is 3.90. The topological polar surface area (TPSA) is 30.2 Å². The van der Waals surface area contributed by atoms with Crippen LogP contribution in [0.4, 0.5) is 0 Å². The number of hydrogen-bond acceptors (Lipinski definition) is 2. The van der Waals surface area contributed by atoms with Gasteiger partial charge in [0.2, 0.25) is 0 Å². The van der Waals surface area contributed by atoms with Crippen LogP contribution < -0.4 is 0 Å². The minimum absolute atomic E-state index is 0. The molecule has 0 saturated heterocycles. The number of nitrogens with zero attached hydrogens (tertiary/aromatic N) is 3. The van der Waals surface area contributed by atoms with Crippen molar-refractivity contribution in [1.29, 1.82) is 0 Å². The van der Waals surface area contributed by atoms with Crippen LogP contribution in [0.5, 0.6) is 0 Å². The molecule has 0 amide bonds. The van der Waals surface area contributed by atoms with Crippen molar-refractivity contribution in [3.63, 3.8) is 0 Å². The van der Waals surface area contributed by atoms with Gasteiger partial charge in [-0.05, 0) is 25.5 Å². The van der Waals surface area contributed by atoms with Crippen molar-refractivity contribution in [3.8, 4) is 0 Å². The van der Waals surface area contributed by atoms with Crippen molar-refractivity contribution in [2.24, 2.45) is 0 Å². The van der Waals surface area contributed by atoms with Gasteiger partial charge in [-0.15, -0.1) is 17.0 Å². The van der Waals surface area contributed by atoms with E-state index >= 15 is 0 Å². The quantitative estimate of drug-likeness (QED) is 0.730. The first-order chi connectivity index (χ1) is 5.66. The summed E-state index contributed by atoms with van der Waals surface area (Å²) in [6, 6.07) is 1.81. The van der Waals surface area contributed by atoms with Crippen molar-refractivity contribution >= 4 is 34.2 Å². The second-order valence-electron chi connectivity index (χ2n) is 2.80. The summed E-state index contributed by atoms with van der Waals surface area (Å²) < 4.78 is 1.70. The molecule has 2 rings (SSSR count). The van der Waals surface area contributed by atoms with E-state index < -0.39 is 0 Å². The molecule has 0 atom stereocenters. The Labute approximate surface area is 91.5 Å². The van der Waals surface area contributed by atoms with E-state index in [0.717, 1.165) is 16.9 Å². The molecule has 0 radical (unpaired) electrons. The summed E-state index contributed by atoms with van der Waals surface area (Å²) in [6.07, 6.45) is 1.86. The van der Waals surface area contributed by atoms with Crippen LogP contribution in [0.2, 0.25) is 5.15 Å². The van der Waals surface area contributed by atoms with Gasteiger partial charge >= 0.3 is 0 Å². The Bertz CT molecular complexity index is 438. The number of fused-ring (bicyclic) bond motifs is 1. The van der Waals surface area contributed by atoms with E-state index in [2.05, 4.69) is 10.1 Å². The Morgan fingerprint density at radius 3 is 2.77 bits per heavy atom. The molecule has 0 bridgehead atoms. The predicted molar refractivity (Wildman–Crippen MR) is 57.8 cm³/mol. The van der Waals surface area contributed by atoms with Crippen LogP contribution in [0.25, 0.3) is 5.65 Å². The summed E-state index contributed by atoms with van der Waals surface area (Å²) in [7, 11) is 0. The lowest BCUT2D eigenvalue weighted by atomic mass is 10.3. The molecular formula is C8H9BrClN3. The fourth-order valence-corrected chi connectivity index (χ4v) is 1.45. The van der Waals surface area contributed by atoms with E-state index in [9.17, 15) is 0 Å². The molecule has 0 N–H and O–H groups in total. The van der Waals surface area contributed by atoms with Crippen molar-refractivity contribution in [3.05, 3.63) is 28.7 Å². The highest BCUT2D eigenvalue weighted by Crippen LogP contribution is 2.12. The van der Waals surface area contributed by atoms with Crippen LogP contribution in [0.15, 0.2) is 12.3 Å². The minimum Gasteiger partial charge on any atom is -0.232 e. The summed E-state index contributed by atoms with van der Waals surface area (Å²) >= 11 is 5.77. The van der Waals surface area contributed by atoms with Gasteiger partial charge in [0, 0.05) is 0 Å². The number of rotatable bonds is 0. The Morgan fingerprint density at radius 1 is 1.38 bits per heavy atom. The van der Waals surface area contributed by atoms with Crippen molar-refractivity contribution in [1.82, 2.24) is 14.6 Å². The van der Waals surface area contributed by atoms with Crippen molar-refractivity contribution in [2.45, 2.75) is 13.8 Å². The first-order valence-electron chi connectivity index (χ1n) is 3.66. The Hall–Kier alpha value is -0.610. The second kappa shape index (κ2) is 3.64. The zero-order valence-corrected chi connectivity index (χ0v) is 9.75. The van der Waals surface area contributed by atoms with Gasteiger partial charge in [-0.25, -0.2) is 9.50 Å². The third-order valence-electron chi connectivity index (χ3n) is 1.70. The molecule has 0 fully saturated rings. The smallest absolute Gasteiger partial charge is 0.156 e. The molecule has 0 aliphatic carbocycles. The minimum atomic E-state index is 0. The molecule has 5 heteroatoms. The van der Waals surface area contributed by atoms with E-state index in [0.29, 0.717) is 5.15 Å². The predicted octanol–water partition coefficient (Wildman–Crippen LogP) is 2.58. The third-order valence-corrected chi connectivity index (χ3v) is 1.88. The summed E-state index contributed by atoms with van der Waals surface area (Å²) in [5.74, 6) is 0. The zero-order valence-electron chi connectivity index (χ0n) is 7.28. The second-order valence-corrected chi connectivity index (χ2v) is 3.19.